The number of rotatable bonds is 2. The molecule has 0 amide bonds. The van der Waals surface area contributed by atoms with Gasteiger partial charge in [0, 0.05) is 12.7 Å². The van der Waals surface area contributed by atoms with Crippen LogP contribution in [0.5, 0.6) is 0 Å². The summed E-state index contributed by atoms with van der Waals surface area (Å²) in [6.07, 6.45) is 3.87. The van der Waals surface area contributed by atoms with Crippen molar-refractivity contribution in [3.05, 3.63) is 47.3 Å². The third-order valence-corrected chi connectivity index (χ3v) is 2.48. The summed E-state index contributed by atoms with van der Waals surface area (Å²) < 4.78 is 1.90. The van der Waals surface area contributed by atoms with Crippen molar-refractivity contribution < 1.29 is 0 Å². The highest BCUT2D eigenvalue weighted by molar-refractivity contribution is 5.47. The van der Waals surface area contributed by atoms with Gasteiger partial charge in [0.05, 0.1) is 11.9 Å². The molecule has 15 heavy (non-hydrogen) atoms. The number of aryl methyl sites for hydroxylation is 2. The van der Waals surface area contributed by atoms with Gasteiger partial charge in [-0.05, 0) is 30.5 Å². The van der Waals surface area contributed by atoms with E-state index in [4.69, 9.17) is 5.73 Å². The summed E-state index contributed by atoms with van der Waals surface area (Å²) in [5, 5.41) is 4.32. The standard InChI is InChI=1S/C12H15N3/c1-9-7-14-15(8-9)12-10(2)4-3-5-11(12)6-13/h3-5,7-8H,6,13H2,1-2H3. The molecule has 1 aromatic heterocycles. The van der Waals surface area contributed by atoms with E-state index in [1.807, 2.05) is 36.1 Å². The first-order valence-corrected chi connectivity index (χ1v) is 5.02. The van der Waals surface area contributed by atoms with Crippen LogP contribution in [0.1, 0.15) is 16.7 Å². The number of para-hydroxylation sites is 1. The number of benzene rings is 1. The van der Waals surface area contributed by atoms with Crippen LogP contribution in [0.2, 0.25) is 0 Å². The smallest absolute Gasteiger partial charge is 0.0719 e. The van der Waals surface area contributed by atoms with E-state index >= 15 is 0 Å². The highest BCUT2D eigenvalue weighted by Crippen LogP contribution is 2.18. The fourth-order valence-electron chi connectivity index (χ4n) is 1.75. The van der Waals surface area contributed by atoms with Crippen LogP contribution in [-0.4, -0.2) is 9.78 Å². The molecule has 0 unspecified atom stereocenters. The lowest BCUT2D eigenvalue weighted by atomic mass is 10.1. The van der Waals surface area contributed by atoms with Gasteiger partial charge in [-0.2, -0.15) is 5.10 Å². The summed E-state index contributed by atoms with van der Waals surface area (Å²) in [5.41, 5.74) is 10.3. The fraction of sp³-hybridized carbons (Fsp3) is 0.250. The molecule has 0 radical (unpaired) electrons. The summed E-state index contributed by atoms with van der Waals surface area (Å²) in [6.45, 7) is 4.64. The summed E-state index contributed by atoms with van der Waals surface area (Å²) in [6, 6.07) is 6.14. The first-order chi connectivity index (χ1) is 7.22. The highest BCUT2D eigenvalue weighted by Gasteiger charge is 2.06. The Balaban J connectivity index is 2.60. The van der Waals surface area contributed by atoms with Crippen LogP contribution in [0.4, 0.5) is 0 Å². The van der Waals surface area contributed by atoms with Crippen molar-refractivity contribution in [1.82, 2.24) is 9.78 Å². The van der Waals surface area contributed by atoms with Crippen LogP contribution in [0.15, 0.2) is 30.6 Å². The van der Waals surface area contributed by atoms with Crippen molar-refractivity contribution in [2.75, 3.05) is 0 Å². The van der Waals surface area contributed by atoms with Gasteiger partial charge in [0.15, 0.2) is 0 Å². The number of hydrogen-bond acceptors (Lipinski definition) is 2. The third kappa shape index (κ3) is 1.78. The molecule has 1 heterocycles. The molecule has 0 saturated heterocycles. The van der Waals surface area contributed by atoms with Gasteiger partial charge in [-0.25, -0.2) is 4.68 Å². The topological polar surface area (TPSA) is 43.8 Å². The predicted octanol–water partition coefficient (Wildman–Crippen LogP) is 1.95. The molecular weight excluding hydrogens is 186 g/mol. The molecular formula is C12H15N3. The van der Waals surface area contributed by atoms with Crippen molar-refractivity contribution >= 4 is 0 Å². The molecule has 0 fully saturated rings. The average molecular weight is 201 g/mol. The number of hydrogen-bond donors (Lipinski definition) is 1. The van der Waals surface area contributed by atoms with Gasteiger partial charge < -0.3 is 5.73 Å². The molecule has 0 saturated carbocycles. The van der Waals surface area contributed by atoms with Crippen molar-refractivity contribution in [2.45, 2.75) is 20.4 Å². The highest BCUT2D eigenvalue weighted by atomic mass is 15.3. The Morgan fingerprint density at radius 1 is 1.33 bits per heavy atom. The van der Waals surface area contributed by atoms with E-state index in [2.05, 4.69) is 18.1 Å². The van der Waals surface area contributed by atoms with E-state index in [9.17, 15) is 0 Å². The molecule has 0 bridgehead atoms. The van der Waals surface area contributed by atoms with Gasteiger partial charge in [-0.1, -0.05) is 18.2 Å². The summed E-state index contributed by atoms with van der Waals surface area (Å²) >= 11 is 0. The molecule has 3 heteroatoms. The van der Waals surface area contributed by atoms with Crippen molar-refractivity contribution in [3.8, 4) is 5.69 Å². The lowest BCUT2D eigenvalue weighted by molar-refractivity contribution is 0.850. The largest absolute Gasteiger partial charge is 0.326 e. The van der Waals surface area contributed by atoms with E-state index in [0.717, 1.165) is 16.8 Å². The minimum atomic E-state index is 0.538. The molecule has 2 rings (SSSR count). The van der Waals surface area contributed by atoms with E-state index in [-0.39, 0.29) is 0 Å². The summed E-state index contributed by atoms with van der Waals surface area (Å²) in [7, 11) is 0. The van der Waals surface area contributed by atoms with E-state index < -0.39 is 0 Å². The first-order valence-electron chi connectivity index (χ1n) is 5.02. The zero-order valence-electron chi connectivity index (χ0n) is 9.07. The third-order valence-electron chi connectivity index (χ3n) is 2.48. The zero-order chi connectivity index (χ0) is 10.8. The Morgan fingerprint density at radius 3 is 2.73 bits per heavy atom. The van der Waals surface area contributed by atoms with Crippen LogP contribution in [0.3, 0.4) is 0 Å². The van der Waals surface area contributed by atoms with Gasteiger partial charge in [0.2, 0.25) is 0 Å². The Kier molecular flexibility index (Phi) is 2.56. The molecule has 78 valence electrons. The van der Waals surface area contributed by atoms with Crippen molar-refractivity contribution in [2.24, 2.45) is 5.73 Å². The van der Waals surface area contributed by atoms with E-state index in [0.29, 0.717) is 6.54 Å². The van der Waals surface area contributed by atoms with Crippen LogP contribution < -0.4 is 5.73 Å². The van der Waals surface area contributed by atoms with E-state index in [1.165, 1.54) is 5.56 Å². The lowest BCUT2D eigenvalue weighted by Crippen LogP contribution is -2.06. The van der Waals surface area contributed by atoms with Crippen LogP contribution in [-0.2, 0) is 6.54 Å². The van der Waals surface area contributed by atoms with Gasteiger partial charge in [0.25, 0.3) is 0 Å². The lowest BCUT2D eigenvalue weighted by Gasteiger charge is -2.10. The first kappa shape index (κ1) is 9.93. The maximum absolute atomic E-state index is 5.72. The molecule has 0 atom stereocenters. The summed E-state index contributed by atoms with van der Waals surface area (Å²) in [4.78, 5) is 0. The van der Waals surface area contributed by atoms with Gasteiger partial charge in [-0.3, -0.25) is 0 Å². The Bertz CT molecular complexity index is 471. The fourth-order valence-corrected chi connectivity index (χ4v) is 1.75. The normalized spacial score (nSPS) is 10.6. The summed E-state index contributed by atoms with van der Waals surface area (Å²) in [5.74, 6) is 0. The second-order valence-electron chi connectivity index (χ2n) is 3.75. The maximum Gasteiger partial charge on any atom is 0.0719 e. The second-order valence-corrected chi connectivity index (χ2v) is 3.75. The van der Waals surface area contributed by atoms with Gasteiger partial charge in [0.1, 0.15) is 0 Å². The SMILES string of the molecule is Cc1cnn(-c2c(C)cccc2CN)c1. The van der Waals surface area contributed by atoms with Crippen LogP contribution in [0.25, 0.3) is 5.69 Å². The van der Waals surface area contributed by atoms with Gasteiger partial charge in [-0.15, -0.1) is 0 Å². The van der Waals surface area contributed by atoms with Crippen LogP contribution in [0, 0.1) is 13.8 Å². The second kappa shape index (κ2) is 3.87. The quantitative estimate of drug-likeness (QED) is 0.807. The molecule has 1 aromatic carbocycles. The van der Waals surface area contributed by atoms with Crippen molar-refractivity contribution in [1.29, 1.82) is 0 Å². The Labute approximate surface area is 89.5 Å². The molecule has 0 aliphatic heterocycles. The monoisotopic (exact) mass is 201 g/mol. The Morgan fingerprint density at radius 2 is 2.13 bits per heavy atom. The molecule has 3 nitrogen and oxygen atoms in total. The average Bonchev–Trinajstić information content (AvgIpc) is 2.64. The minimum absolute atomic E-state index is 0.538. The molecule has 2 aromatic rings. The van der Waals surface area contributed by atoms with Crippen LogP contribution >= 0.6 is 0 Å². The van der Waals surface area contributed by atoms with Gasteiger partial charge >= 0.3 is 0 Å². The predicted molar refractivity (Wildman–Crippen MR) is 60.9 cm³/mol. The van der Waals surface area contributed by atoms with E-state index in [1.54, 1.807) is 0 Å². The minimum Gasteiger partial charge on any atom is -0.326 e. The molecule has 2 N–H and O–H groups in total. The number of nitrogens with zero attached hydrogens (tertiary/aromatic N) is 2. The van der Waals surface area contributed by atoms with Crippen molar-refractivity contribution in [3.63, 3.8) is 0 Å². The number of nitrogens with two attached hydrogens (primary N) is 1. The molecule has 0 aliphatic carbocycles. The Hall–Kier alpha value is -1.61. The molecule has 0 spiro atoms. The molecule has 0 aliphatic rings. The maximum atomic E-state index is 5.72. The zero-order valence-corrected chi connectivity index (χ0v) is 9.07. The number of aromatic nitrogens is 2.